The van der Waals surface area contributed by atoms with Gasteiger partial charge in [-0.2, -0.15) is 0 Å². The largest absolute Gasteiger partial charge is 0.353 e. The van der Waals surface area contributed by atoms with Crippen molar-refractivity contribution < 1.29 is 4.79 Å². The summed E-state index contributed by atoms with van der Waals surface area (Å²) in [5.41, 5.74) is 0.0534. The van der Waals surface area contributed by atoms with Crippen LogP contribution < -0.4 is 5.32 Å². The van der Waals surface area contributed by atoms with Gasteiger partial charge in [-0.15, -0.1) is 0 Å². The molecule has 2 saturated carbocycles. The normalized spacial score (nSPS) is 41.2. The van der Waals surface area contributed by atoms with Crippen LogP contribution in [0, 0.1) is 16.7 Å². The summed E-state index contributed by atoms with van der Waals surface area (Å²) in [5.74, 6) is 0.884. The Labute approximate surface area is 127 Å². The lowest BCUT2D eigenvalue weighted by molar-refractivity contribution is -0.127. The van der Waals surface area contributed by atoms with Crippen LogP contribution in [-0.2, 0) is 4.79 Å². The van der Waals surface area contributed by atoms with Crippen LogP contribution in [0.25, 0.3) is 0 Å². The molecule has 0 radical (unpaired) electrons. The van der Waals surface area contributed by atoms with E-state index in [-0.39, 0.29) is 14.6 Å². The Hall–Kier alpha value is 0.430. The minimum atomic E-state index is -0.294. The van der Waals surface area contributed by atoms with Gasteiger partial charge in [-0.05, 0) is 43.9 Å². The van der Waals surface area contributed by atoms with Crippen LogP contribution in [0.15, 0.2) is 0 Å². The summed E-state index contributed by atoms with van der Waals surface area (Å²) in [7, 11) is 0. The fourth-order valence-corrected chi connectivity index (χ4v) is 4.93. The van der Waals surface area contributed by atoms with Gasteiger partial charge in [0.05, 0.1) is 8.65 Å². The van der Waals surface area contributed by atoms with Crippen molar-refractivity contribution in [3.05, 3.63) is 0 Å². The van der Waals surface area contributed by atoms with Crippen LogP contribution in [0.3, 0.4) is 0 Å². The SMILES string of the molecule is C[C@@H]1C[C@H](NC(=O)[C@@]2(C)CC2(Br)Br)CC(C)(C)C1. The highest BCUT2D eigenvalue weighted by atomic mass is 79.9. The molecule has 0 bridgehead atoms. The topological polar surface area (TPSA) is 29.1 Å². The van der Waals surface area contributed by atoms with E-state index in [0.29, 0.717) is 17.4 Å². The number of nitrogens with one attached hydrogen (secondary N) is 1. The Morgan fingerprint density at radius 1 is 1.22 bits per heavy atom. The zero-order valence-corrected chi connectivity index (χ0v) is 14.8. The van der Waals surface area contributed by atoms with Crippen molar-refractivity contribution in [3.8, 4) is 0 Å². The molecule has 0 heterocycles. The van der Waals surface area contributed by atoms with E-state index in [1.807, 2.05) is 6.92 Å². The molecule has 0 spiro atoms. The van der Waals surface area contributed by atoms with Crippen LogP contribution in [0.1, 0.15) is 53.4 Å². The number of carbonyl (C=O) groups excluding carboxylic acids is 1. The maximum atomic E-state index is 12.4. The van der Waals surface area contributed by atoms with Gasteiger partial charge >= 0.3 is 0 Å². The molecule has 0 saturated heterocycles. The van der Waals surface area contributed by atoms with Crippen molar-refractivity contribution in [2.75, 3.05) is 0 Å². The second-order valence-corrected chi connectivity index (χ2v) is 11.1. The first-order chi connectivity index (χ1) is 8.06. The van der Waals surface area contributed by atoms with Gasteiger partial charge < -0.3 is 5.32 Å². The molecule has 2 rings (SSSR count). The first kappa shape index (κ1) is 14.8. The maximum Gasteiger partial charge on any atom is 0.228 e. The summed E-state index contributed by atoms with van der Waals surface area (Å²) in [5, 5.41) is 3.26. The van der Waals surface area contributed by atoms with Crippen LogP contribution in [0.5, 0.6) is 0 Å². The zero-order valence-electron chi connectivity index (χ0n) is 11.6. The summed E-state index contributed by atoms with van der Waals surface area (Å²) < 4.78 is -0.188. The summed E-state index contributed by atoms with van der Waals surface area (Å²) in [6, 6.07) is 0.337. The average molecular weight is 381 g/mol. The van der Waals surface area contributed by atoms with E-state index in [1.165, 1.54) is 6.42 Å². The molecule has 18 heavy (non-hydrogen) atoms. The molecule has 1 amide bonds. The number of hydrogen-bond donors (Lipinski definition) is 1. The molecule has 0 aliphatic heterocycles. The van der Waals surface area contributed by atoms with Gasteiger partial charge in [0.2, 0.25) is 5.91 Å². The average Bonchev–Trinajstić information content (AvgIpc) is 2.63. The molecule has 2 aliphatic rings. The van der Waals surface area contributed by atoms with Gasteiger partial charge in [0.25, 0.3) is 0 Å². The van der Waals surface area contributed by atoms with E-state index in [1.54, 1.807) is 0 Å². The van der Waals surface area contributed by atoms with Gasteiger partial charge in [-0.3, -0.25) is 4.79 Å². The van der Waals surface area contributed by atoms with Crippen LogP contribution in [0.4, 0.5) is 0 Å². The van der Waals surface area contributed by atoms with E-state index in [0.717, 1.165) is 19.3 Å². The zero-order chi connectivity index (χ0) is 13.8. The predicted octanol–water partition coefficient (Wildman–Crippen LogP) is 4.21. The summed E-state index contributed by atoms with van der Waals surface area (Å²) in [4.78, 5) is 12.4. The number of alkyl halides is 2. The monoisotopic (exact) mass is 379 g/mol. The minimum Gasteiger partial charge on any atom is -0.353 e. The van der Waals surface area contributed by atoms with Gasteiger partial charge in [0.15, 0.2) is 0 Å². The van der Waals surface area contributed by atoms with E-state index in [9.17, 15) is 4.79 Å². The minimum absolute atomic E-state index is 0.186. The molecule has 104 valence electrons. The maximum absolute atomic E-state index is 12.4. The molecule has 2 aliphatic carbocycles. The molecule has 0 unspecified atom stereocenters. The summed E-state index contributed by atoms with van der Waals surface area (Å²) >= 11 is 7.13. The number of carbonyl (C=O) groups is 1. The lowest BCUT2D eigenvalue weighted by atomic mass is 9.70. The number of amides is 1. The van der Waals surface area contributed by atoms with Crippen LogP contribution in [0.2, 0.25) is 0 Å². The van der Waals surface area contributed by atoms with Crippen molar-refractivity contribution in [1.29, 1.82) is 0 Å². The van der Waals surface area contributed by atoms with E-state index < -0.39 is 0 Å². The fourth-order valence-electron chi connectivity index (χ4n) is 3.45. The second kappa shape index (κ2) is 4.47. The molecule has 0 aromatic rings. The van der Waals surface area contributed by atoms with E-state index in [4.69, 9.17) is 0 Å². The Kier molecular flexibility index (Phi) is 3.69. The van der Waals surface area contributed by atoms with Crippen LogP contribution >= 0.6 is 31.9 Å². The number of hydrogen-bond acceptors (Lipinski definition) is 1. The molecule has 2 nitrogen and oxygen atoms in total. The highest BCUT2D eigenvalue weighted by Gasteiger charge is 2.66. The highest BCUT2D eigenvalue weighted by Crippen LogP contribution is 2.66. The molecule has 4 heteroatoms. The predicted molar refractivity (Wildman–Crippen MR) is 82.0 cm³/mol. The Bertz CT molecular complexity index is 367. The van der Waals surface area contributed by atoms with Gasteiger partial charge in [-0.25, -0.2) is 0 Å². The first-order valence-corrected chi connectivity index (χ1v) is 8.33. The molecule has 0 aromatic heterocycles. The molecule has 0 aromatic carbocycles. The van der Waals surface area contributed by atoms with Crippen molar-refractivity contribution in [2.45, 2.75) is 62.7 Å². The van der Waals surface area contributed by atoms with Crippen molar-refractivity contribution >= 4 is 37.8 Å². The smallest absolute Gasteiger partial charge is 0.228 e. The van der Waals surface area contributed by atoms with Crippen molar-refractivity contribution in [3.63, 3.8) is 0 Å². The molecule has 2 fully saturated rings. The lowest BCUT2D eigenvalue weighted by Crippen LogP contribution is -2.46. The molecular formula is C14H23Br2NO. The summed E-state index contributed by atoms with van der Waals surface area (Å²) in [6.07, 6.45) is 4.33. The lowest BCUT2D eigenvalue weighted by Gasteiger charge is -2.39. The Morgan fingerprint density at radius 2 is 1.78 bits per heavy atom. The third-order valence-corrected chi connectivity index (χ3v) is 6.79. The fraction of sp³-hybridized carbons (Fsp3) is 0.929. The first-order valence-electron chi connectivity index (χ1n) is 6.75. The quantitative estimate of drug-likeness (QED) is 0.714. The molecule has 1 N–H and O–H groups in total. The molecular weight excluding hydrogens is 358 g/mol. The third kappa shape index (κ3) is 2.79. The highest BCUT2D eigenvalue weighted by molar-refractivity contribution is 9.25. The van der Waals surface area contributed by atoms with E-state index in [2.05, 4.69) is 57.9 Å². The van der Waals surface area contributed by atoms with Crippen molar-refractivity contribution in [1.82, 2.24) is 5.32 Å². The van der Waals surface area contributed by atoms with E-state index >= 15 is 0 Å². The van der Waals surface area contributed by atoms with Crippen LogP contribution in [-0.4, -0.2) is 15.2 Å². The Balaban J connectivity index is 1.96. The van der Waals surface area contributed by atoms with Crippen molar-refractivity contribution in [2.24, 2.45) is 16.7 Å². The van der Waals surface area contributed by atoms with Gasteiger partial charge in [0.1, 0.15) is 0 Å². The number of rotatable bonds is 2. The third-order valence-electron chi connectivity index (χ3n) is 4.48. The molecule has 3 atom stereocenters. The Morgan fingerprint density at radius 3 is 2.22 bits per heavy atom. The van der Waals surface area contributed by atoms with Gasteiger partial charge in [0, 0.05) is 6.04 Å². The van der Waals surface area contributed by atoms with Gasteiger partial charge in [-0.1, -0.05) is 52.6 Å². The number of halogens is 2. The standard InChI is InChI=1S/C14H23Br2NO/c1-9-5-10(7-12(2,3)6-9)17-11(18)13(4)8-14(13,15)16/h9-10H,5-8H2,1-4H3,(H,17,18)/t9-,10+,13-/m1/s1. The summed E-state index contributed by atoms with van der Waals surface area (Å²) in [6.45, 7) is 8.92. The second-order valence-electron chi connectivity index (χ2n) is 7.30.